The largest absolute Gasteiger partial charge is 0.325 e. The second-order valence-electron chi connectivity index (χ2n) is 7.51. The van der Waals surface area contributed by atoms with Crippen molar-refractivity contribution in [2.24, 2.45) is 5.92 Å². The third-order valence-electron chi connectivity index (χ3n) is 4.94. The standard InChI is InChI=1S/C19H26N4O3/c1-14(2)12-22-10-8-19(9-11-22)17(25)23(18(26)21-19)13-16(24)20-15-6-4-3-5-7-15/h3-7,14H,8-13H2,1-2H3,(H,20,24)(H,21,26). The van der Waals surface area contributed by atoms with Crippen molar-refractivity contribution in [2.75, 3.05) is 31.5 Å². The van der Waals surface area contributed by atoms with Gasteiger partial charge in [0.2, 0.25) is 5.91 Å². The highest BCUT2D eigenvalue weighted by Gasteiger charge is 2.52. The molecule has 2 aliphatic heterocycles. The van der Waals surface area contributed by atoms with Gasteiger partial charge < -0.3 is 15.5 Å². The van der Waals surface area contributed by atoms with E-state index >= 15 is 0 Å². The van der Waals surface area contributed by atoms with Crippen molar-refractivity contribution in [1.82, 2.24) is 15.1 Å². The maximum absolute atomic E-state index is 12.9. The quantitative estimate of drug-likeness (QED) is 0.785. The van der Waals surface area contributed by atoms with Crippen LogP contribution in [0.4, 0.5) is 10.5 Å². The molecule has 140 valence electrons. The van der Waals surface area contributed by atoms with Gasteiger partial charge >= 0.3 is 6.03 Å². The first-order valence-electron chi connectivity index (χ1n) is 9.11. The number of amides is 4. The van der Waals surface area contributed by atoms with Crippen LogP contribution in [0, 0.1) is 5.92 Å². The Bertz CT molecular complexity index is 681. The topological polar surface area (TPSA) is 81.8 Å². The lowest BCUT2D eigenvalue weighted by Gasteiger charge is -2.37. The molecule has 7 nitrogen and oxygen atoms in total. The van der Waals surface area contributed by atoms with Gasteiger partial charge in [0.1, 0.15) is 12.1 Å². The summed E-state index contributed by atoms with van der Waals surface area (Å²) >= 11 is 0. The Morgan fingerprint density at radius 3 is 2.46 bits per heavy atom. The number of likely N-dealkylation sites (tertiary alicyclic amines) is 1. The lowest BCUT2D eigenvalue weighted by Crippen LogP contribution is -2.55. The Labute approximate surface area is 153 Å². The number of carbonyl (C=O) groups is 3. The molecule has 0 aromatic heterocycles. The average molecular weight is 358 g/mol. The van der Waals surface area contributed by atoms with Crippen LogP contribution >= 0.6 is 0 Å². The van der Waals surface area contributed by atoms with Crippen LogP contribution in [0.1, 0.15) is 26.7 Å². The summed E-state index contributed by atoms with van der Waals surface area (Å²) in [5, 5.41) is 5.55. The highest BCUT2D eigenvalue weighted by molar-refractivity contribution is 6.10. The molecule has 1 spiro atoms. The Morgan fingerprint density at radius 1 is 1.19 bits per heavy atom. The summed E-state index contributed by atoms with van der Waals surface area (Å²) in [7, 11) is 0. The summed E-state index contributed by atoms with van der Waals surface area (Å²) in [4.78, 5) is 40.7. The van der Waals surface area contributed by atoms with Crippen molar-refractivity contribution >= 4 is 23.5 Å². The lowest BCUT2D eigenvalue weighted by molar-refractivity contribution is -0.135. The number of hydrogen-bond donors (Lipinski definition) is 2. The van der Waals surface area contributed by atoms with Gasteiger partial charge in [-0.1, -0.05) is 32.0 Å². The molecule has 3 rings (SSSR count). The molecular weight excluding hydrogens is 332 g/mol. The first-order valence-corrected chi connectivity index (χ1v) is 9.11. The molecule has 2 heterocycles. The molecule has 4 amide bonds. The Hall–Kier alpha value is -2.41. The normalized spacial score (nSPS) is 19.9. The van der Waals surface area contributed by atoms with Gasteiger partial charge in [-0.05, 0) is 30.9 Å². The predicted octanol–water partition coefficient (Wildman–Crippen LogP) is 1.67. The number of rotatable bonds is 5. The summed E-state index contributed by atoms with van der Waals surface area (Å²) in [6, 6.07) is 8.51. The second kappa shape index (κ2) is 7.45. The molecule has 0 bridgehead atoms. The molecule has 2 saturated heterocycles. The van der Waals surface area contributed by atoms with Crippen LogP contribution in [0.3, 0.4) is 0 Å². The van der Waals surface area contributed by atoms with Crippen LogP contribution in [0.2, 0.25) is 0 Å². The molecule has 7 heteroatoms. The van der Waals surface area contributed by atoms with Gasteiger partial charge in [-0.25, -0.2) is 4.79 Å². The van der Waals surface area contributed by atoms with Crippen LogP contribution in [0.15, 0.2) is 30.3 Å². The van der Waals surface area contributed by atoms with E-state index < -0.39 is 11.6 Å². The number of hydrogen-bond acceptors (Lipinski definition) is 4. The van der Waals surface area contributed by atoms with Crippen molar-refractivity contribution in [3.63, 3.8) is 0 Å². The first-order chi connectivity index (χ1) is 12.4. The third kappa shape index (κ3) is 3.88. The minimum Gasteiger partial charge on any atom is -0.325 e. The summed E-state index contributed by atoms with van der Waals surface area (Å²) in [6.07, 6.45) is 1.17. The minimum atomic E-state index is -0.850. The zero-order valence-corrected chi connectivity index (χ0v) is 15.3. The molecule has 1 aromatic rings. The van der Waals surface area contributed by atoms with Gasteiger partial charge in [-0.3, -0.25) is 14.5 Å². The predicted molar refractivity (Wildman–Crippen MR) is 98.6 cm³/mol. The Balaban J connectivity index is 1.60. The smallest absolute Gasteiger partial charge is 0.325 e. The van der Waals surface area contributed by atoms with Crippen molar-refractivity contribution in [3.05, 3.63) is 30.3 Å². The average Bonchev–Trinajstić information content (AvgIpc) is 2.82. The minimum absolute atomic E-state index is 0.267. The number of imide groups is 1. The summed E-state index contributed by atoms with van der Waals surface area (Å²) in [5.41, 5.74) is -0.210. The molecule has 2 aliphatic rings. The SMILES string of the molecule is CC(C)CN1CCC2(CC1)NC(=O)N(CC(=O)Nc1ccccc1)C2=O. The van der Waals surface area contributed by atoms with Crippen LogP contribution < -0.4 is 10.6 Å². The van der Waals surface area contributed by atoms with Crippen LogP contribution in [-0.2, 0) is 9.59 Å². The van der Waals surface area contributed by atoms with E-state index in [1.165, 1.54) is 0 Å². The first kappa shape index (κ1) is 18.4. The number of benzene rings is 1. The maximum Gasteiger partial charge on any atom is 0.325 e. The lowest BCUT2D eigenvalue weighted by atomic mass is 9.87. The highest BCUT2D eigenvalue weighted by atomic mass is 16.2. The fourth-order valence-corrected chi connectivity index (χ4v) is 3.66. The van der Waals surface area contributed by atoms with E-state index in [2.05, 4.69) is 29.4 Å². The van der Waals surface area contributed by atoms with Crippen molar-refractivity contribution in [1.29, 1.82) is 0 Å². The monoisotopic (exact) mass is 358 g/mol. The maximum atomic E-state index is 12.9. The summed E-state index contributed by atoms with van der Waals surface area (Å²) in [5.74, 6) is -0.0972. The van der Waals surface area contributed by atoms with Crippen LogP contribution in [-0.4, -0.2) is 59.4 Å². The highest BCUT2D eigenvalue weighted by Crippen LogP contribution is 2.29. The zero-order valence-electron chi connectivity index (χ0n) is 15.3. The molecule has 0 unspecified atom stereocenters. The Morgan fingerprint density at radius 2 is 1.85 bits per heavy atom. The molecule has 1 aromatic carbocycles. The van der Waals surface area contributed by atoms with Gasteiger partial charge in [0.15, 0.2) is 0 Å². The van der Waals surface area contributed by atoms with E-state index in [4.69, 9.17) is 0 Å². The number of urea groups is 1. The van der Waals surface area contributed by atoms with E-state index in [0.29, 0.717) is 24.4 Å². The molecule has 2 fully saturated rings. The molecular formula is C19H26N4O3. The number of carbonyl (C=O) groups excluding carboxylic acids is 3. The fraction of sp³-hybridized carbons (Fsp3) is 0.526. The van der Waals surface area contributed by atoms with E-state index in [1.807, 2.05) is 18.2 Å². The second-order valence-corrected chi connectivity index (χ2v) is 7.51. The molecule has 0 saturated carbocycles. The molecule has 26 heavy (non-hydrogen) atoms. The van der Waals surface area contributed by atoms with Gasteiger partial charge in [0, 0.05) is 25.3 Å². The number of nitrogens with zero attached hydrogens (tertiary/aromatic N) is 2. The third-order valence-corrected chi connectivity index (χ3v) is 4.94. The van der Waals surface area contributed by atoms with E-state index in [9.17, 15) is 14.4 Å². The van der Waals surface area contributed by atoms with Gasteiger partial charge in [0.25, 0.3) is 5.91 Å². The van der Waals surface area contributed by atoms with Crippen LogP contribution in [0.5, 0.6) is 0 Å². The number of anilines is 1. The van der Waals surface area contributed by atoms with Gasteiger partial charge in [-0.2, -0.15) is 0 Å². The van der Waals surface area contributed by atoms with Gasteiger partial charge in [-0.15, -0.1) is 0 Å². The van der Waals surface area contributed by atoms with Crippen molar-refractivity contribution in [3.8, 4) is 0 Å². The number of nitrogens with one attached hydrogen (secondary N) is 2. The summed E-state index contributed by atoms with van der Waals surface area (Å²) < 4.78 is 0. The number of para-hydroxylation sites is 1. The van der Waals surface area contributed by atoms with E-state index in [1.54, 1.807) is 12.1 Å². The molecule has 2 N–H and O–H groups in total. The van der Waals surface area contributed by atoms with Crippen LogP contribution in [0.25, 0.3) is 0 Å². The van der Waals surface area contributed by atoms with E-state index in [-0.39, 0.29) is 18.4 Å². The summed E-state index contributed by atoms with van der Waals surface area (Å²) in [6.45, 7) is 6.60. The molecule has 0 aliphatic carbocycles. The number of piperidine rings is 1. The van der Waals surface area contributed by atoms with Gasteiger partial charge in [0.05, 0.1) is 0 Å². The van der Waals surface area contributed by atoms with E-state index in [0.717, 1.165) is 24.5 Å². The molecule has 0 radical (unpaired) electrons. The van der Waals surface area contributed by atoms with Crippen molar-refractivity contribution in [2.45, 2.75) is 32.2 Å². The Kier molecular flexibility index (Phi) is 5.27. The zero-order chi connectivity index (χ0) is 18.7. The fourth-order valence-electron chi connectivity index (χ4n) is 3.66. The molecule has 0 atom stereocenters. The van der Waals surface area contributed by atoms with Crippen molar-refractivity contribution < 1.29 is 14.4 Å².